The fourth-order valence-electron chi connectivity index (χ4n) is 3.54. The molecule has 0 aliphatic heterocycles. The molecule has 0 aliphatic carbocycles. The number of aromatic nitrogens is 7. The molecule has 0 bridgehead atoms. The van der Waals surface area contributed by atoms with E-state index >= 15 is 0 Å². The van der Waals surface area contributed by atoms with Crippen LogP contribution in [0, 0.1) is 11.3 Å². The molecule has 0 aliphatic rings. The molecular weight excluding hydrogens is 392 g/mol. The van der Waals surface area contributed by atoms with Crippen LogP contribution >= 0.6 is 0 Å². The van der Waals surface area contributed by atoms with Crippen molar-refractivity contribution in [2.45, 2.75) is 39.5 Å². The van der Waals surface area contributed by atoms with Gasteiger partial charge in [0.15, 0.2) is 17.3 Å². The summed E-state index contributed by atoms with van der Waals surface area (Å²) >= 11 is 0. The lowest BCUT2D eigenvalue weighted by molar-refractivity contribution is 0.149. The Labute approximate surface area is 180 Å². The zero-order chi connectivity index (χ0) is 21.6. The van der Waals surface area contributed by atoms with Crippen molar-refractivity contribution in [1.82, 2.24) is 34.3 Å². The fraction of sp³-hybridized carbons (Fsp3) is 0.364. The van der Waals surface area contributed by atoms with Crippen LogP contribution in [0.25, 0.3) is 11.5 Å². The number of nitriles is 1. The normalized spacial score (nSPS) is 11.1. The first-order chi connectivity index (χ1) is 15.2. The molecule has 9 nitrogen and oxygen atoms in total. The molecular formula is C22H24N8O. The summed E-state index contributed by atoms with van der Waals surface area (Å²) in [6, 6.07) is 7.59. The first-order valence-electron chi connectivity index (χ1n) is 10.4. The van der Waals surface area contributed by atoms with Crippen LogP contribution in [0.4, 0.5) is 0 Å². The number of aryl methyl sites for hydroxylation is 1. The maximum absolute atomic E-state index is 9.44. The van der Waals surface area contributed by atoms with E-state index < -0.39 is 0 Å². The number of hydrogen-bond donors (Lipinski definition) is 0. The van der Waals surface area contributed by atoms with Gasteiger partial charge in [-0.05, 0) is 31.5 Å². The summed E-state index contributed by atoms with van der Waals surface area (Å²) in [5, 5.41) is 18.4. The van der Waals surface area contributed by atoms with Crippen LogP contribution in [0.15, 0.2) is 36.9 Å². The minimum atomic E-state index is 0.473. The van der Waals surface area contributed by atoms with Crippen molar-refractivity contribution in [3.63, 3.8) is 0 Å². The Morgan fingerprint density at radius 2 is 2.03 bits per heavy atom. The Kier molecular flexibility index (Phi) is 6.29. The van der Waals surface area contributed by atoms with Gasteiger partial charge in [0.25, 0.3) is 0 Å². The zero-order valence-corrected chi connectivity index (χ0v) is 17.7. The van der Waals surface area contributed by atoms with E-state index in [-0.39, 0.29) is 0 Å². The molecule has 0 saturated carbocycles. The van der Waals surface area contributed by atoms with Crippen LogP contribution in [-0.2, 0) is 24.0 Å². The van der Waals surface area contributed by atoms with E-state index in [1.54, 1.807) is 40.1 Å². The second-order valence-electron chi connectivity index (χ2n) is 7.06. The topological polar surface area (TPSA) is 107 Å². The second kappa shape index (κ2) is 9.45. The highest BCUT2D eigenvalue weighted by Crippen LogP contribution is 2.20. The van der Waals surface area contributed by atoms with Crippen LogP contribution in [0.2, 0.25) is 0 Å². The summed E-state index contributed by atoms with van der Waals surface area (Å²) in [6.45, 7) is 5.39. The summed E-state index contributed by atoms with van der Waals surface area (Å²) in [6.07, 6.45) is 8.11. The highest BCUT2D eigenvalue weighted by molar-refractivity contribution is 5.50. The van der Waals surface area contributed by atoms with Crippen LogP contribution in [0.1, 0.15) is 48.6 Å². The lowest BCUT2D eigenvalue weighted by atomic mass is 10.1. The van der Waals surface area contributed by atoms with Crippen molar-refractivity contribution < 1.29 is 4.74 Å². The third kappa shape index (κ3) is 4.29. The molecule has 0 aromatic carbocycles. The average molecular weight is 416 g/mol. The summed E-state index contributed by atoms with van der Waals surface area (Å²) in [4.78, 5) is 13.8. The van der Waals surface area contributed by atoms with Crippen LogP contribution < -0.4 is 0 Å². The molecule has 0 radical (unpaired) electrons. The van der Waals surface area contributed by atoms with Crippen molar-refractivity contribution in [2.24, 2.45) is 0 Å². The molecule has 0 fully saturated rings. The number of nitrogens with zero attached hydrogens (tertiary/aromatic N) is 8. The molecule has 31 heavy (non-hydrogen) atoms. The molecule has 158 valence electrons. The zero-order valence-electron chi connectivity index (χ0n) is 17.7. The summed E-state index contributed by atoms with van der Waals surface area (Å²) in [5.41, 5.74) is 4.21. The third-order valence-corrected chi connectivity index (χ3v) is 4.97. The van der Waals surface area contributed by atoms with Gasteiger partial charge in [0.2, 0.25) is 0 Å². The molecule has 0 saturated heterocycles. The van der Waals surface area contributed by atoms with Gasteiger partial charge < -0.3 is 4.74 Å². The van der Waals surface area contributed by atoms with Gasteiger partial charge in [-0.2, -0.15) is 10.4 Å². The maximum Gasteiger partial charge on any atom is 0.171 e. The van der Waals surface area contributed by atoms with Gasteiger partial charge in [0, 0.05) is 37.4 Å². The summed E-state index contributed by atoms with van der Waals surface area (Å²) < 4.78 is 8.89. The van der Waals surface area contributed by atoms with E-state index in [9.17, 15) is 5.26 Å². The van der Waals surface area contributed by atoms with Gasteiger partial charge in [0.05, 0.1) is 23.6 Å². The number of rotatable bonds is 9. The second-order valence-corrected chi connectivity index (χ2v) is 7.06. The van der Waals surface area contributed by atoms with E-state index in [2.05, 4.69) is 28.2 Å². The van der Waals surface area contributed by atoms with Gasteiger partial charge in [-0.1, -0.05) is 13.3 Å². The Morgan fingerprint density at radius 3 is 2.84 bits per heavy atom. The Morgan fingerprint density at radius 1 is 1.13 bits per heavy atom. The molecule has 0 N–H and O–H groups in total. The highest BCUT2D eigenvalue weighted by atomic mass is 16.5. The van der Waals surface area contributed by atoms with Crippen molar-refractivity contribution in [2.75, 3.05) is 13.2 Å². The van der Waals surface area contributed by atoms with E-state index in [1.165, 1.54) is 0 Å². The van der Waals surface area contributed by atoms with Crippen molar-refractivity contribution in [3.05, 3.63) is 65.3 Å². The van der Waals surface area contributed by atoms with E-state index in [1.807, 2.05) is 13.0 Å². The Bertz CT molecular complexity index is 1220. The van der Waals surface area contributed by atoms with Crippen molar-refractivity contribution >= 4 is 5.65 Å². The van der Waals surface area contributed by atoms with Crippen molar-refractivity contribution in [1.29, 1.82) is 5.26 Å². The largest absolute Gasteiger partial charge is 0.381 e. The maximum atomic E-state index is 9.44. The molecule has 0 amide bonds. The molecule has 9 heteroatoms. The van der Waals surface area contributed by atoms with Gasteiger partial charge in [0.1, 0.15) is 12.4 Å². The highest BCUT2D eigenvalue weighted by Gasteiger charge is 2.17. The summed E-state index contributed by atoms with van der Waals surface area (Å²) in [5.74, 6) is 1.27. The minimum Gasteiger partial charge on any atom is -0.381 e. The Hall–Kier alpha value is -3.64. The van der Waals surface area contributed by atoms with E-state index in [0.29, 0.717) is 37.4 Å². The van der Waals surface area contributed by atoms with Gasteiger partial charge in [-0.3, -0.25) is 0 Å². The monoisotopic (exact) mass is 416 g/mol. The van der Waals surface area contributed by atoms with Gasteiger partial charge in [-0.25, -0.2) is 24.1 Å². The number of pyridine rings is 1. The lowest BCUT2D eigenvalue weighted by Crippen LogP contribution is -2.10. The van der Waals surface area contributed by atoms with Gasteiger partial charge >= 0.3 is 0 Å². The predicted molar refractivity (Wildman–Crippen MR) is 114 cm³/mol. The fourth-order valence-corrected chi connectivity index (χ4v) is 3.54. The standard InChI is InChI=1S/C22H24N8O/c1-3-6-18-19(25-15-29-22(18)27-20(28-29)9-12-31-4-2)13-17-8-11-26-30(17)21-16(14-23)7-5-10-24-21/h5,7-8,10-11,15H,3-4,6,9,12-13H2,1-2H3. The summed E-state index contributed by atoms with van der Waals surface area (Å²) in [7, 11) is 0. The van der Waals surface area contributed by atoms with Crippen molar-refractivity contribution in [3.8, 4) is 11.9 Å². The Balaban J connectivity index is 1.70. The molecule has 4 rings (SSSR count). The van der Waals surface area contributed by atoms with Crippen LogP contribution in [0.3, 0.4) is 0 Å². The molecule has 4 aromatic heterocycles. The first-order valence-corrected chi connectivity index (χ1v) is 10.4. The SMILES string of the molecule is CCCc1c(Cc2ccnn2-c2ncccc2C#N)ncn2nc(CCOCC)nc12. The molecule has 4 heterocycles. The number of fused-ring (bicyclic) bond motifs is 1. The first kappa shape index (κ1) is 20.6. The molecule has 0 unspecified atom stereocenters. The van der Waals surface area contributed by atoms with Gasteiger partial charge in [-0.15, -0.1) is 5.10 Å². The van der Waals surface area contributed by atoms with E-state index in [0.717, 1.165) is 41.3 Å². The number of ether oxygens (including phenoxy) is 1. The van der Waals surface area contributed by atoms with Crippen LogP contribution in [-0.4, -0.2) is 47.6 Å². The quantitative estimate of drug-likeness (QED) is 0.386. The minimum absolute atomic E-state index is 0.473. The predicted octanol–water partition coefficient (Wildman–Crippen LogP) is 2.70. The lowest BCUT2D eigenvalue weighted by Gasteiger charge is -2.11. The number of hydrogen-bond acceptors (Lipinski definition) is 7. The average Bonchev–Trinajstić information content (AvgIpc) is 3.42. The van der Waals surface area contributed by atoms with Crippen LogP contribution in [0.5, 0.6) is 0 Å². The van der Waals surface area contributed by atoms with E-state index in [4.69, 9.17) is 14.7 Å². The molecule has 0 atom stereocenters. The molecule has 0 spiro atoms. The smallest absolute Gasteiger partial charge is 0.171 e. The third-order valence-electron chi connectivity index (χ3n) is 4.97. The molecule has 4 aromatic rings.